The van der Waals surface area contributed by atoms with Crippen molar-refractivity contribution in [3.63, 3.8) is 0 Å². The van der Waals surface area contributed by atoms with Crippen LogP contribution in [0.3, 0.4) is 0 Å². The van der Waals surface area contributed by atoms with E-state index < -0.39 is 0 Å². The maximum atomic E-state index is 12.1. The van der Waals surface area contributed by atoms with Crippen molar-refractivity contribution >= 4 is 57.4 Å². The van der Waals surface area contributed by atoms with Gasteiger partial charge in [0.15, 0.2) is 0 Å². The van der Waals surface area contributed by atoms with Crippen LogP contribution in [0.2, 0.25) is 10.0 Å². The van der Waals surface area contributed by atoms with Gasteiger partial charge in [0, 0.05) is 27.1 Å². The van der Waals surface area contributed by atoms with Crippen molar-refractivity contribution in [1.29, 1.82) is 0 Å². The van der Waals surface area contributed by atoms with Crippen molar-refractivity contribution in [2.75, 3.05) is 5.32 Å². The number of hydrogen-bond donors (Lipinski definition) is 1. The predicted molar refractivity (Wildman–Crippen MR) is 110 cm³/mol. The first-order valence-corrected chi connectivity index (χ1v) is 9.57. The molecule has 2 aromatic carbocycles. The average molecular weight is 415 g/mol. The van der Waals surface area contributed by atoms with Crippen LogP contribution in [-0.2, 0) is 4.79 Å². The highest BCUT2D eigenvalue weighted by atomic mass is 35.5. The van der Waals surface area contributed by atoms with E-state index in [0.717, 1.165) is 16.8 Å². The van der Waals surface area contributed by atoms with Gasteiger partial charge in [-0.15, -0.1) is 16.4 Å². The van der Waals surface area contributed by atoms with E-state index >= 15 is 0 Å². The van der Waals surface area contributed by atoms with Crippen LogP contribution in [0.1, 0.15) is 5.56 Å². The number of aromatic nitrogens is 3. The molecule has 1 amide bonds. The fourth-order valence-electron chi connectivity index (χ4n) is 2.49. The summed E-state index contributed by atoms with van der Waals surface area (Å²) in [5.74, 6) is -0.0703. The van der Waals surface area contributed by atoms with Gasteiger partial charge in [0.25, 0.3) is 11.9 Å². The molecule has 4 rings (SSSR count). The Balaban J connectivity index is 1.53. The molecule has 2 heterocycles. The number of amides is 1. The molecule has 2 aromatic heterocycles. The number of carbonyl (C=O) groups excluding carboxylic acids is 1. The lowest BCUT2D eigenvalue weighted by atomic mass is 10.2. The molecule has 5 nitrogen and oxygen atoms in total. The lowest BCUT2D eigenvalue weighted by molar-refractivity contribution is -0.111. The zero-order valence-electron chi connectivity index (χ0n) is 13.8. The number of rotatable bonds is 4. The van der Waals surface area contributed by atoms with Crippen LogP contribution in [0.25, 0.3) is 22.3 Å². The molecule has 27 heavy (non-hydrogen) atoms. The molecule has 8 heteroatoms. The number of nitrogens with zero attached hydrogens (tertiary/aromatic N) is 3. The summed E-state index contributed by atoms with van der Waals surface area (Å²) in [5, 5.41) is 10.3. The van der Waals surface area contributed by atoms with E-state index in [9.17, 15) is 4.79 Å². The van der Waals surface area contributed by atoms with Crippen LogP contribution < -0.4 is 5.32 Å². The molecule has 134 valence electrons. The number of carbonyl (C=O) groups is 1. The van der Waals surface area contributed by atoms with Gasteiger partial charge in [-0.05, 0) is 35.9 Å². The summed E-state index contributed by atoms with van der Waals surface area (Å²) in [6.07, 6.45) is 3.10. The molecule has 0 unspecified atom stereocenters. The SMILES string of the molecule is O=C(/C=C/c1cccc(Cl)c1)Nc1nc2scc(-c3ccc(Cl)cc3)n2n1. The van der Waals surface area contributed by atoms with Gasteiger partial charge in [-0.25, -0.2) is 4.52 Å². The van der Waals surface area contributed by atoms with Crippen LogP contribution in [0.4, 0.5) is 5.95 Å². The van der Waals surface area contributed by atoms with Crippen LogP contribution in [0.15, 0.2) is 60.0 Å². The number of thiazole rings is 1. The van der Waals surface area contributed by atoms with Crippen molar-refractivity contribution in [2.24, 2.45) is 0 Å². The smallest absolute Gasteiger partial charge is 0.250 e. The summed E-state index contributed by atoms with van der Waals surface area (Å²) >= 11 is 13.3. The Morgan fingerprint density at radius 3 is 2.70 bits per heavy atom. The van der Waals surface area contributed by atoms with Crippen molar-refractivity contribution in [3.05, 3.63) is 75.6 Å². The van der Waals surface area contributed by atoms with Gasteiger partial charge in [-0.3, -0.25) is 10.1 Å². The summed E-state index contributed by atoms with van der Waals surface area (Å²) in [4.78, 5) is 17.2. The summed E-state index contributed by atoms with van der Waals surface area (Å²) in [5.41, 5.74) is 2.69. The van der Waals surface area contributed by atoms with Gasteiger partial charge >= 0.3 is 0 Å². The van der Waals surface area contributed by atoms with Crippen molar-refractivity contribution in [1.82, 2.24) is 14.6 Å². The van der Waals surface area contributed by atoms with E-state index in [0.29, 0.717) is 15.0 Å². The van der Waals surface area contributed by atoms with Crippen LogP contribution in [0, 0.1) is 0 Å². The number of hydrogen-bond acceptors (Lipinski definition) is 4. The predicted octanol–water partition coefficient (Wildman–Crippen LogP) is 5.42. The third-order valence-corrected chi connectivity index (χ3v) is 5.04. The highest BCUT2D eigenvalue weighted by Crippen LogP contribution is 2.26. The molecule has 0 aliphatic heterocycles. The van der Waals surface area contributed by atoms with Crippen LogP contribution in [-0.4, -0.2) is 20.5 Å². The fraction of sp³-hybridized carbons (Fsp3) is 0. The molecule has 0 radical (unpaired) electrons. The van der Waals surface area contributed by atoms with Crippen LogP contribution in [0.5, 0.6) is 0 Å². The van der Waals surface area contributed by atoms with E-state index in [4.69, 9.17) is 23.2 Å². The highest BCUT2D eigenvalue weighted by Gasteiger charge is 2.12. The Morgan fingerprint density at radius 1 is 1.11 bits per heavy atom. The maximum Gasteiger partial charge on any atom is 0.250 e. The number of benzene rings is 2. The first kappa shape index (κ1) is 17.7. The standard InChI is InChI=1S/C19H12Cl2N4OS/c20-14-7-5-13(6-8-14)16-11-27-19-23-18(24-25(16)19)22-17(26)9-4-12-2-1-3-15(21)10-12/h1-11H,(H,22,24,26)/b9-4+. The maximum absolute atomic E-state index is 12.1. The summed E-state index contributed by atoms with van der Waals surface area (Å²) in [7, 11) is 0. The van der Waals surface area contributed by atoms with E-state index in [1.54, 1.807) is 22.7 Å². The summed E-state index contributed by atoms with van der Waals surface area (Å²) in [6.45, 7) is 0. The second-order valence-corrected chi connectivity index (χ2v) is 7.34. The lowest BCUT2D eigenvalue weighted by Crippen LogP contribution is -2.09. The van der Waals surface area contributed by atoms with Gasteiger partial charge in [-0.2, -0.15) is 4.98 Å². The average Bonchev–Trinajstić information content (AvgIpc) is 3.21. The normalized spacial score (nSPS) is 11.3. The Bertz CT molecular complexity index is 1150. The molecule has 0 saturated carbocycles. The first-order valence-electron chi connectivity index (χ1n) is 7.93. The third-order valence-electron chi connectivity index (χ3n) is 3.73. The van der Waals surface area contributed by atoms with Gasteiger partial charge in [0.05, 0.1) is 5.69 Å². The Hall–Kier alpha value is -2.67. The number of anilines is 1. The van der Waals surface area contributed by atoms with Crippen molar-refractivity contribution in [2.45, 2.75) is 0 Å². The molecule has 0 fully saturated rings. The molecule has 1 N–H and O–H groups in total. The Kier molecular flexibility index (Phi) is 4.94. The topological polar surface area (TPSA) is 59.3 Å². The largest absolute Gasteiger partial charge is 0.290 e. The molecule has 0 aliphatic carbocycles. The minimum Gasteiger partial charge on any atom is -0.290 e. The van der Waals surface area contributed by atoms with E-state index in [1.807, 2.05) is 41.8 Å². The minimum atomic E-state index is -0.318. The first-order chi connectivity index (χ1) is 13.1. The zero-order chi connectivity index (χ0) is 18.8. The van der Waals surface area contributed by atoms with E-state index in [1.165, 1.54) is 17.4 Å². The number of nitrogens with one attached hydrogen (secondary N) is 1. The molecule has 0 atom stereocenters. The van der Waals surface area contributed by atoms with Gasteiger partial charge < -0.3 is 0 Å². The molecule has 0 bridgehead atoms. The summed E-state index contributed by atoms with van der Waals surface area (Å²) < 4.78 is 1.70. The molecule has 0 saturated heterocycles. The molecule has 4 aromatic rings. The van der Waals surface area contributed by atoms with Gasteiger partial charge in [0.1, 0.15) is 0 Å². The van der Waals surface area contributed by atoms with Crippen molar-refractivity contribution < 1.29 is 4.79 Å². The minimum absolute atomic E-state index is 0.248. The van der Waals surface area contributed by atoms with E-state index in [-0.39, 0.29) is 11.9 Å². The molecular formula is C19H12Cl2N4OS. The Labute approximate surface area is 168 Å². The van der Waals surface area contributed by atoms with Gasteiger partial charge in [-0.1, -0.05) is 47.5 Å². The highest BCUT2D eigenvalue weighted by molar-refractivity contribution is 7.15. The molecular weight excluding hydrogens is 403 g/mol. The number of fused-ring (bicyclic) bond motifs is 1. The lowest BCUT2D eigenvalue weighted by Gasteiger charge is -1.99. The molecule has 0 spiro atoms. The number of halogens is 2. The van der Waals surface area contributed by atoms with Gasteiger partial charge in [0.2, 0.25) is 4.96 Å². The fourth-order valence-corrected chi connectivity index (χ4v) is 3.64. The Morgan fingerprint density at radius 2 is 1.93 bits per heavy atom. The monoisotopic (exact) mass is 414 g/mol. The van der Waals surface area contributed by atoms with Crippen LogP contribution >= 0.6 is 34.5 Å². The second kappa shape index (κ2) is 7.52. The second-order valence-electron chi connectivity index (χ2n) is 5.64. The third kappa shape index (κ3) is 4.03. The quantitative estimate of drug-likeness (QED) is 0.453. The summed E-state index contributed by atoms with van der Waals surface area (Å²) in [6, 6.07) is 14.7. The molecule has 0 aliphatic rings. The van der Waals surface area contributed by atoms with Crippen molar-refractivity contribution in [3.8, 4) is 11.3 Å². The zero-order valence-corrected chi connectivity index (χ0v) is 16.1. The van der Waals surface area contributed by atoms with E-state index in [2.05, 4.69) is 15.4 Å².